The lowest BCUT2D eigenvalue weighted by molar-refractivity contribution is -0.383. The molecule has 0 aliphatic carbocycles. The second-order valence-electron chi connectivity index (χ2n) is 3.36. The van der Waals surface area contributed by atoms with Gasteiger partial charge >= 0.3 is 5.97 Å². The van der Waals surface area contributed by atoms with Gasteiger partial charge in [-0.15, -0.1) is 0 Å². The molecule has 0 aliphatic rings. The summed E-state index contributed by atoms with van der Waals surface area (Å²) in [6.45, 7) is 0. The Labute approximate surface area is 107 Å². The van der Waals surface area contributed by atoms with Crippen LogP contribution in [0.5, 0.6) is 0 Å². The highest BCUT2D eigenvalue weighted by molar-refractivity contribution is 6.31. The van der Waals surface area contributed by atoms with E-state index in [4.69, 9.17) is 16.7 Å². The number of hydrogen-bond acceptors (Lipinski definition) is 4. The molecule has 1 rings (SSSR count). The Hall–Kier alpha value is -2.15. The number of anilines is 1. The van der Waals surface area contributed by atoms with Crippen LogP contribution in [0.25, 0.3) is 0 Å². The molecule has 7 nitrogen and oxygen atoms in total. The summed E-state index contributed by atoms with van der Waals surface area (Å²) in [5.74, 6) is -1.74. The second-order valence-corrected chi connectivity index (χ2v) is 3.80. The van der Waals surface area contributed by atoms with E-state index in [9.17, 15) is 19.7 Å². The van der Waals surface area contributed by atoms with E-state index in [1.54, 1.807) is 0 Å². The molecule has 0 bridgehead atoms. The fourth-order valence-corrected chi connectivity index (χ4v) is 1.37. The topological polar surface area (TPSA) is 110 Å². The van der Waals surface area contributed by atoms with Gasteiger partial charge in [-0.2, -0.15) is 0 Å². The van der Waals surface area contributed by atoms with Crippen LogP contribution in [0, 0.1) is 10.1 Å². The van der Waals surface area contributed by atoms with E-state index in [0.717, 1.165) is 6.07 Å². The fraction of sp³-hybridized carbons (Fsp3) is 0.200. The lowest BCUT2D eigenvalue weighted by Crippen LogP contribution is -2.14. The molecule has 1 aromatic carbocycles. The highest BCUT2D eigenvalue weighted by Gasteiger charge is 2.16. The number of nitrogens with zero attached hydrogens (tertiary/aromatic N) is 1. The zero-order valence-electron chi connectivity index (χ0n) is 9.05. The average molecular weight is 273 g/mol. The zero-order valence-corrected chi connectivity index (χ0v) is 9.81. The van der Waals surface area contributed by atoms with Crippen LogP contribution in [0.2, 0.25) is 5.02 Å². The maximum Gasteiger partial charge on any atom is 0.303 e. The van der Waals surface area contributed by atoms with Crippen LogP contribution in [0.3, 0.4) is 0 Å². The Kier molecular flexibility index (Phi) is 4.61. The van der Waals surface area contributed by atoms with E-state index >= 15 is 0 Å². The van der Waals surface area contributed by atoms with Crippen molar-refractivity contribution in [3.8, 4) is 0 Å². The minimum absolute atomic E-state index is 0.0529. The van der Waals surface area contributed by atoms with Crippen molar-refractivity contribution in [2.24, 2.45) is 0 Å². The number of nitrogens with one attached hydrogen (secondary N) is 1. The lowest BCUT2D eigenvalue weighted by Gasteiger charge is -2.05. The van der Waals surface area contributed by atoms with Crippen molar-refractivity contribution in [1.29, 1.82) is 0 Å². The first-order valence-electron chi connectivity index (χ1n) is 4.85. The van der Waals surface area contributed by atoms with Gasteiger partial charge in [0.1, 0.15) is 5.69 Å². The molecule has 0 unspecified atom stereocenters. The van der Waals surface area contributed by atoms with Gasteiger partial charge in [0.2, 0.25) is 5.91 Å². The van der Waals surface area contributed by atoms with Crippen LogP contribution in [0.15, 0.2) is 18.2 Å². The highest BCUT2D eigenvalue weighted by Crippen LogP contribution is 2.27. The van der Waals surface area contributed by atoms with Gasteiger partial charge in [0.25, 0.3) is 5.69 Å². The zero-order chi connectivity index (χ0) is 13.7. The summed E-state index contributed by atoms with van der Waals surface area (Å²) in [7, 11) is 0. The maximum atomic E-state index is 11.4. The number of carboxylic acid groups (broad SMARTS) is 1. The van der Waals surface area contributed by atoms with E-state index < -0.39 is 16.8 Å². The molecule has 0 saturated heterocycles. The lowest BCUT2D eigenvalue weighted by atomic mass is 10.2. The van der Waals surface area contributed by atoms with E-state index in [1.165, 1.54) is 12.1 Å². The molecule has 2 N–H and O–H groups in total. The predicted octanol–water partition coefficient (Wildman–Crippen LogP) is 2.05. The summed E-state index contributed by atoms with van der Waals surface area (Å²) in [5, 5.41) is 21.6. The summed E-state index contributed by atoms with van der Waals surface area (Å²) >= 11 is 5.66. The monoisotopic (exact) mass is 272 g/mol. The molecule has 0 spiro atoms. The molecule has 0 saturated carbocycles. The van der Waals surface area contributed by atoms with Crippen molar-refractivity contribution in [3.63, 3.8) is 0 Å². The van der Waals surface area contributed by atoms with E-state index in [-0.39, 0.29) is 29.2 Å². The summed E-state index contributed by atoms with van der Waals surface area (Å²) in [6.07, 6.45) is -0.612. The van der Waals surface area contributed by atoms with Crippen molar-refractivity contribution >= 4 is 34.9 Å². The quantitative estimate of drug-likeness (QED) is 0.630. The molecule has 0 radical (unpaired) electrons. The average Bonchev–Trinajstić information content (AvgIpc) is 2.26. The maximum absolute atomic E-state index is 11.4. The van der Waals surface area contributed by atoms with Crippen molar-refractivity contribution in [2.45, 2.75) is 12.8 Å². The molecule has 0 heterocycles. The summed E-state index contributed by atoms with van der Waals surface area (Å²) in [4.78, 5) is 31.7. The van der Waals surface area contributed by atoms with Crippen LogP contribution in [0.1, 0.15) is 12.8 Å². The largest absolute Gasteiger partial charge is 0.481 e. The van der Waals surface area contributed by atoms with Gasteiger partial charge in [-0.25, -0.2) is 0 Å². The number of nitro groups is 1. The molecule has 96 valence electrons. The molecule has 0 atom stereocenters. The van der Waals surface area contributed by atoms with Gasteiger partial charge in [-0.3, -0.25) is 19.7 Å². The third-order valence-corrected chi connectivity index (χ3v) is 2.23. The van der Waals surface area contributed by atoms with Gasteiger partial charge in [-0.1, -0.05) is 11.6 Å². The van der Waals surface area contributed by atoms with Crippen molar-refractivity contribution < 1.29 is 19.6 Å². The van der Waals surface area contributed by atoms with Gasteiger partial charge in [0.15, 0.2) is 0 Å². The third-order valence-electron chi connectivity index (χ3n) is 2.00. The first-order valence-corrected chi connectivity index (χ1v) is 5.23. The molecule has 0 aliphatic heterocycles. The van der Waals surface area contributed by atoms with E-state index in [2.05, 4.69) is 5.32 Å². The number of carboxylic acids is 1. The third kappa shape index (κ3) is 4.02. The molecule has 0 fully saturated rings. The molecular formula is C10H9ClN2O5. The number of hydrogen-bond donors (Lipinski definition) is 2. The summed E-state index contributed by atoms with van der Waals surface area (Å²) < 4.78 is 0. The Morgan fingerprint density at radius 1 is 1.39 bits per heavy atom. The summed E-state index contributed by atoms with van der Waals surface area (Å²) in [6, 6.07) is 3.72. The van der Waals surface area contributed by atoms with Gasteiger partial charge in [0.05, 0.1) is 11.3 Å². The SMILES string of the molecule is O=C(O)CCC(=O)Nc1cc(Cl)ccc1[N+](=O)[O-]. The molecule has 18 heavy (non-hydrogen) atoms. The number of nitro benzene ring substituents is 1. The van der Waals surface area contributed by atoms with Crippen LogP contribution >= 0.6 is 11.6 Å². The van der Waals surface area contributed by atoms with Crippen LogP contribution in [-0.4, -0.2) is 21.9 Å². The smallest absolute Gasteiger partial charge is 0.303 e. The number of carbonyl (C=O) groups is 2. The van der Waals surface area contributed by atoms with Crippen molar-refractivity contribution in [3.05, 3.63) is 33.3 Å². The van der Waals surface area contributed by atoms with Gasteiger partial charge < -0.3 is 10.4 Å². The number of benzene rings is 1. The van der Waals surface area contributed by atoms with Crippen molar-refractivity contribution in [2.75, 3.05) is 5.32 Å². The van der Waals surface area contributed by atoms with E-state index in [1.807, 2.05) is 0 Å². The molecule has 1 amide bonds. The Balaban J connectivity index is 2.82. The Morgan fingerprint density at radius 2 is 2.06 bits per heavy atom. The van der Waals surface area contributed by atoms with Crippen molar-refractivity contribution in [1.82, 2.24) is 0 Å². The number of carbonyl (C=O) groups excluding carboxylic acids is 1. The first-order chi connectivity index (χ1) is 8.40. The Bertz CT molecular complexity index is 503. The van der Waals surface area contributed by atoms with Crippen LogP contribution < -0.4 is 5.32 Å². The van der Waals surface area contributed by atoms with Gasteiger partial charge in [0, 0.05) is 17.5 Å². The number of aliphatic carboxylic acids is 1. The molecular weight excluding hydrogens is 264 g/mol. The van der Waals surface area contributed by atoms with Crippen LogP contribution in [-0.2, 0) is 9.59 Å². The molecule has 0 aromatic heterocycles. The molecule has 1 aromatic rings. The first kappa shape index (κ1) is 13.9. The van der Waals surface area contributed by atoms with Crippen LogP contribution in [0.4, 0.5) is 11.4 Å². The number of amides is 1. The normalized spacial score (nSPS) is 9.83. The Morgan fingerprint density at radius 3 is 2.61 bits per heavy atom. The summed E-state index contributed by atoms with van der Waals surface area (Å²) in [5.41, 5.74) is -0.356. The highest BCUT2D eigenvalue weighted by atomic mass is 35.5. The van der Waals surface area contributed by atoms with Gasteiger partial charge in [-0.05, 0) is 12.1 Å². The number of halogens is 1. The molecule has 8 heteroatoms. The second kappa shape index (κ2) is 5.97. The predicted molar refractivity (Wildman–Crippen MR) is 63.6 cm³/mol. The van der Waals surface area contributed by atoms with E-state index in [0.29, 0.717) is 0 Å². The minimum Gasteiger partial charge on any atom is -0.481 e. The fourth-order valence-electron chi connectivity index (χ4n) is 1.20. The standard InChI is InChI=1S/C10H9ClN2O5/c11-6-1-2-8(13(17)18)7(5-6)12-9(14)3-4-10(15)16/h1-2,5H,3-4H2,(H,12,14)(H,15,16). The minimum atomic E-state index is -1.12. The number of rotatable bonds is 5.